The average molecular weight is 435 g/mol. The number of rotatable bonds is 4. The third-order valence-electron chi connectivity index (χ3n) is 5.38. The van der Waals surface area contributed by atoms with Crippen molar-refractivity contribution in [1.29, 1.82) is 0 Å². The highest BCUT2D eigenvalue weighted by atomic mass is 35.5. The Kier molecular flexibility index (Phi) is 5.46. The molecular formula is C25H23ClN2O3. The molecule has 5 nitrogen and oxygen atoms in total. The molecule has 1 N–H and O–H groups in total. The average Bonchev–Trinajstić information content (AvgIpc) is 2.72. The van der Waals surface area contributed by atoms with Crippen LogP contribution in [0.1, 0.15) is 36.6 Å². The Morgan fingerprint density at radius 3 is 2.45 bits per heavy atom. The normalized spacial score (nSPS) is 11.4. The molecule has 0 aliphatic carbocycles. The van der Waals surface area contributed by atoms with E-state index in [1.807, 2.05) is 57.2 Å². The van der Waals surface area contributed by atoms with E-state index in [4.69, 9.17) is 11.6 Å². The number of benzene rings is 2. The van der Waals surface area contributed by atoms with Crippen LogP contribution in [-0.2, 0) is 6.54 Å². The van der Waals surface area contributed by atoms with Gasteiger partial charge in [0.25, 0.3) is 5.56 Å². The molecule has 4 rings (SSSR count). The summed E-state index contributed by atoms with van der Waals surface area (Å²) in [5.41, 5.74) is 2.71. The van der Waals surface area contributed by atoms with Crippen LogP contribution < -0.4 is 11.0 Å². The number of pyridine rings is 1. The van der Waals surface area contributed by atoms with Crippen LogP contribution in [0, 0.1) is 6.92 Å². The van der Waals surface area contributed by atoms with E-state index in [1.54, 1.807) is 28.9 Å². The largest absolute Gasteiger partial charge is 0.503 e. The lowest BCUT2D eigenvalue weighted by Gasteiger charge is -2.18. The van der Waals surface area contributed by atoms with Crippen molar-refractivity contribution in [3.63, 3.8) is 0 Å². The van der Waals surface area contributed by atoms with Crippen LogP contribution in [0.2, 0.25) is 5.02 Å². The van der Waals surface area contributed by atoms with Crippen molar-refractivity contribution >= 4 is 17.1 Å². The van der Waals surface area contributed by atoms with Crippen molar-refractivity contribution in [3.8, 4) is 16.9 Å². The molecule has 0 atom stereocenters. The van der Waals surface area contributed by atoms with Gasteiger partial charge in [0.15, 0.2) is 11.3 Å². The standard InChI is InChI=1S/C25H23ClN2O3/c1-15(2)21-14-27(12-17-7-5-9-19(26)11-17)25(31)22-24(30)23(29)20(13-28(21)22)18-8-4-6-16(3)10-18/h4-11,13-15,30H,12H2,1-3H3. The van der Waals surface area contributed by atoms with E-state index in [0.29, 0.717) is 16.1 Å². The Bertz CT molecular complexity index is 1420. The van der Waals surface area contributed by atoms with E-state index in [-0.39, 0.29) is 18.0 Å². The van der Waals surface area contributed by atoms with Gasteiger partial charge in [0.1, 0.15) is 0 Å². The molecule has 0 amide bonds. The van der Waals surface area contributed by atoms with E-state index >= 15 is 0 Å². The molecule has 2 heterocycles. The second kappa shape index (κ2) is 8.08. The van der Waals surface area contributed by atoms with Crippen molar-refractivity contribution in [2.24, 2.45) is 0 Å². The Morgan fingerprint density at radius 2 is 1.77 bits per heavy atom. The number of aryl methyl sites for hydroxylation is 1. The van der Waals surface area contributed by atoms with Gasteiger partial charge in [-0.1, -0.05) is 67.4 Å². The lowest BCUT2D eigenvalue weighted by molar-refractivity contribution is 0.472. The summed E-state index contributed by atoms with van der Waals surface area (Å²) in [7, 11) is 0. The van der Waals surface area contributed by atoms with Crippen molar-refractivity contribution in [2.75, 3.05) is 0 Å². The Morgan fingerprint density at radius 1 is 1.03 bits per heavy atom. The first-order chi connectivity index (χ1) is 14.8. The van der Waals surface area contributed by atoms with E-state index < -0.39 is 16.7 Å². The lowest BCUT2D eigenvalue weighted by atomic mass is 10.0. The molecule has 158 valence electrons. The van der Waals surface area contributed by atoms with Gasteiger partial charge in [0.2, 0.25) is 5.43 Å². The van der Waals surface area contributed by atoms with E-state index in [0.717, 1.165) is 16.8 Å². The third-order valence-corrected chi connectivity index (χ3v) is 5.61. The number of hydrogen-bond donors (Lipinski definition) is 1. The molecule has 0 bridgehead atoms. The van der Waals surface area contributed by atoms with Crippen LogP contribution in [0.3, 0.4) is 0 Å². The summed E-state index contributed by atoms with van der Waals surface area (Å²) in [6, 6.07) is 14.8. The second-order valence-electron chi connectivity index (χ2n) is 8.08. The molecule has 2 aromatic heterocycles. The molecule has 2 aromatic carbocycles. The summed E-state index contributed by atoms with van der Waals surface area (Å²) in [5.74, 6) is -0.493. The first kappa shape index (κ1) is 20.9. The zero-order valence-corrected chi connectivity index (χ0v) is 18.3. The monoisotopic (exact) mass is 434 g/mol. The highest BCUT2D eigenvalue weighted by molar-refractivity contribution is 6.30. The molecule has 6 heteroatoms. The zero-order chi connectivity index (χ0) is 22.3. The van der Waals surface area contributed by atoms with Gasteiger partial charge in [0, 0.05) is 28.7 Å². The summed E-state index contributed by atoms with van der Waals surface area (Å²) in [5, 5.41) is 11.4. The zero-order valence-electron chi connectivity index (χ0n) is 17.6. The summed E-state index contributed by atoms with van der Waals surface area (Å²) < 4.78 is 3.16. The minimum atomic E-state index is -0.557. The van der Waals surface area contributed by atoms with Gasteiger partial charge in [-0.15, -0.1) is 0 Å². The van der Waals surface area contributed by atoms with Crippen LogP contribution in [0.4, 0.5) is 0 Å². The quantitative estimate of drug-likeness (QED) is 0.493. The Labute approximate surface area is 184 Å². The SMILES string of the molecule is Cc1cccc(-c2cn3c(C(C)C)cn(Cc4cccc(Cl)c4)c(=O)c3c(O)c2=O)c1. The molecule has 0 fully saturated rings. The summed E-state index contributed by atoms with van der Waals surface area (Å²) >= 11 is 6.09. The van der Waals surface area contributed by atoms with Crippen LogP contribution >= 0.6 is 11.6 Å². The minimum Gasteiger partial charge on any atom is -0.503 e. The maximum atomic E-state index is 13.3. The summed E-state index contributed by atoms with van der Waals surface area (Å²) in [6.07, 6.45) is 3.44. The van der Waals surface area contributed by atoms with Crippen LogP contribution in [0.25, 0.3) is 16.6 Å². The summed E-state index contributed by atoms with van der Waals surface area (Å²) in [6.45, 7) is 6.23. The molecule has 0 radical (unpaired) electrons. The highest BCUT2D eigenvalue weighted by Gasteiger charge is 2.19. The molecule has 4 aromatic rings. The predicted molar refractivity (Wildman–Crippen MR) is 124 cm³/mol. The number of aromatic nitrogens is 2. The molecule has 0 saturated heterocycles. The first-order valence-corrected chi connectivity index (χ1v) is 10.5. The van der Waals surface area contributed by atoms with Crippen molar-refractivity contribution in [3.05, 3.63) is 103 Å². The van der Waals surface area contributed by atoms with Gasteiger partial charge in [-0.2, -0.15) is 0 Å². The maximum absolute atomic E-state index is 13.3. The van der Waals surface area contributed by atoms with Gasteiger partial charge in [0.05, 0.1) is 6.54 Å². The Balaban J connectivity index is 2.00. The van der Waals surface area contributed by atoms with Crippen LogP contribution in [0.5, 0.6) is 5.75 Å². The van der Waals surface area contributed by atoms with E-state index in [2.05, 4.69) is 0 Å². The third kappa shape index (κ3) is 3.89. The van der Waals surface area contributed by atoms with Crippen LogP contribution in [-0.4, -0.2) is 14.1 Å². The van der Waals surface area contributed by atoms with Crippen molar-refractivity contribution in [2.45, 2.75) is 33.2 Å². The first-order valence-electron chi connectivity index (χ1n) is 10.1. The number of nitrogens with zero attached hydrogens (tertiary/aromatic N) is 2. The smallest absolute Gasteiger partial charge is 0.279 e. The molecule has 0 unspecified atom stereocenters. The number of hydrogen-bond acceptors (Lipinski definition) is 3. The number of halogens is 1. The second-order valence-corrected chi connectivity index (χ2v) is 8.52. The number of aromatic hydroxyl groups is 1. The van der Waals surface area contributed by atoms with Gasteiger partial charge in [-0.3, -0.25) is 9.59 Å². The maximum Gasteiger partial charge on any atom is 0.279 e. The van der Waals surface area contributed by atoms with Gasteiger partial charge < -0.3 is 14.1 Å². The van der Waals surface area contributed by atoms with Crippen molar-refractivity contribution < 1.29 is 5.11 Å². The van der Waals surface area contributed by atoms with E-state index in [1.165, 1.54) is 4.57 Å². The number of fused-ring (bicyclic) bond motifs is 1. The minimum absolute atomic E-state index is 0.0189. The Hall–Kier alpha value is -3.31. The summed E-state index contributed by atoms with van der Waals surface area (Å²) in [4.78, 5) is 26.3. The molecule has 0 spiro atoms. The topological polar surface area (TPSA) is 63.7 Å². The highest BCUT2D eigenvalue weighted by Crippen LogP contribution is 2.25. The van der Waals surface area contributed by atoms with Gasteiger partial charge >= 0.3 is 0 Å². The fraction of sp³-hybridized carbons (Fsp3) is 0.200. The molecule has 0 saturated carbocycles. The molecule has 0 aliphatic rings. The molecular weight excluding hydrogens is 412 g/mol. The van der Waals surface area contributed by atoms with Crippen molar-refractivity contribution in [1.82, 2.24) is 8.97 Å². The molecule has 0 aliphatic heterocycles. The molecule has 31 heavy (non-hydrogen) atoms. The lowest BCUT2D eigenvalue weighted by Crippen LogP contribution is -2.27. The fourth-order valence-corrected chi connectivity index (χ4v) is 4.03. The van der Waals surface area contributed by atoms with Crippen LogP contribution in [0.15, 0.2) is 70.5 Å². The van der Waals surface area contributed by atoms with Gasteiger partial charge in [-0.05, 0) is 36.1 Å². The van der Waals surface area contributed by atoms with Gasteiger partial charge in [-0.25, -0.2) is 0 Å². The van der Waals surface area contributed by atoms with E-state index in [9.17, 15) is 14.7 Å². The predicted octanol–water partition coefficient (Wildman–Crippen LogP) is 4.97. The fourth-order valence-electron chi connectivity index (χ4n) is 3.82.